The van der Waals surface area contributed by atoms with Crippen LogP contribution in [0.15, 0.2) is 59.8 Å². The maximum atomic E-state index is 11.2. The lowest BCUT2D eigenvalue weighted by Crippen LogP contribution is -2.40. The van der Waals surface area contributed by atoms with Crippen LogP contribution in [-0.4, -0.2) is 47.9 Å². The van der Waals surface area contributed by atoms with Gasteiger partial charge in [0.15, 0.2) is 0 Å². The Morgan fingerprint density at radius 2 is 1.93 bits per heavy atom. The zero-order chi connectivity index (χ0) is 19.1. The molecule has 0 aromatic heterocycles. The third kappa shape index (κ3) is 5.31. The highest BCUT2D eigenvalue weighted by molar-refractivity contribution is 6.35. The van der Waals surface area contributed by atoms with E-state index in [1.807, 2.05) is 54.6 Å². The zero-order valence-electron chi connectivity index (χ0n) is 15.1. The number of carboxylic acid groups (broad SMARTS) is 1. The summed E-state index contributed by atoms with van der Waals surface area (Å²) in [5, 5.41) is 14.2. The van der Waals surface area contributed by atoms with E-state index in [4.69, 9.17) is 16.4 Å². The fourth-order valence-corrected chi connectivity index (χ4v) is 3.47. The van der Waals surface area contributed by atoms with Gasteiger partial charge in [0, 0.05) is 24.2 Å². The Labute approximate surface area is 164 Å². The minimum absolute atomic E-state index is 0.287. The highest BCUT2D eigenvalue weighted by atomic mass is 35.5. The van der Waals surface area contributed by atoms with Crippen LogP contribution in [0.4, 0.5) is 0 Å². The van der Waals surface area contributed by atoms with Crippen molar-refractivity contribution < 1.29 is 14.7 Å². The van der Waals surface area contributed by atoms with Crippen molar-refractivity contribution in [1.82, 2.24) is 4.90 Å². The molecule has 1 unspecified atom stereocenters. The number of piperidine rings is 1. The molecule has 1 heterocycles. The van der Waals surface area contributed by atoms with Crippen molar-refractivity contribution in [3.8, 4) is 0 Å². The molecule has 0 saturated carbocycles. The number of likely N-dealkylation sites (tertiary alicyclic amines) is 1. The van der Waals surface area contributed by atoms with Crippen LogP contribution in [0.2, 0.25) is 5.02 Å². The number of carboxylic acids is 1. The summed E-state index contributed by atoms with van der Waals surface area (Å²) < 4.78 is 0. The van der Waals surface area contributed by atoms with Crippen molar-refractivity contribution in [3.05, 3.63) is 70.7 Å². The summed E-state index contributed by atoms with van der Waals surface area (Å²) in [7, 11) is 0. The first-order valence-electron chi connectivity index (χ1n) is 9.10. The van der Waals surface area contributed by atoms with Gasteiger partial charge in [-0.2, -0.15) is 0 Å². The van der Waals surface area contributed by atoms with Crippen LogP contribution in [0.1, 0.15) is 24.0 Å². The summed E-state index contributed by atoms with van der Waals surface area (Å²) in [5.41, 5.74) is 2.42. The smallest absolute Gasteiger partial charge is 0.307 e. The number of aliphatic carboxylic acids is 1. The van der Waals surface area contributed by atoms with Crippen LogP contribution >= 0.6 is 11.6 Å². The Kier molecular flexibility index (Phi) is 6.85. The van der Waals surface area contributed by atoms with Crippen molar-refractivity contribution in [2.24, 2.45) is 11.1 Å². The number of carbonyl (C=O) groups is 1. The van der Waals surface area contributed by atoms with Gasteiger partial charge in [0.25, 0.3) is 0 Å². The van der Waals surface area contributed by atoms with Crippen LogP contribution < -0.4 is 0 Å². The van der Waals surface area contributed by atoms with E-state index < -0.39 is 5.97 Å². The molecule has 6 heteroatoms. The quantitative estimate of drug-likeness (QED) is 0.445. The summed E-state index contributed by atoms with van der Waals surface area (Å²) >= 11 is 6.35. The number of oxime groups is 1. The third-order valence-electron chi connectivity index (χ3n) is 4.69. The van der Waals surface area contributed by atoms with Gasteiger partial charge < -0.3 is 9.94 Å². The largest absolute Gasteiger partial charge is 0.481 e. The lowest BCUT2D eigenvalue weighted by molar-refractivity contribution is -0.143. The molecule has 1 fully saturated rings. The van der Waals surface area contributed by atoms with Crippen LogP contribution in [0, 0.1) is 5.92 Å². The first-order valence-corrected chi connectivity index (χ1v) is 9.48. The fourth-order valence-electron chi connectivity index (χ4n) is 3.25. The van der Waals surface area contributed by atoms with Gasteiger partial charge in [-0.15, -0.1) is 0 Å². The Hall–Kier alpha value is -2.37. The summed E-state index contributed by atoms with van der Waals surface area (Å²) in [5.74, 6) is -1.01. The molecule has 0 radical (unpaired) electrons. The average molecular weight is 387 g/mol. The molecule has 142 valence electrons. The molecule has 5 nitrogen and oxygen atoms in total. The lowest BCUT2D eigenvalue weighted by atomic mass is 9.98. The third-order valence-corrected chi connectivity index (χ3v) is 5.02. The van der Waals surface area contributed by atoms with Crippen LogP contribution in [0.5, 0.6) is 0 Å². The minimum atomic E-state index is -0.719. The Morgan fingerprint density at radius 3 is 2.67 bits per heavy atom. The number of hydrogen-bond acceptors (Lipinski definition) is 4. The number of hydrogen-bond donors (Lipinski definition) is 1. The van der Waals surface area contributed by atoms with E-state index in [0.29, 0.717) is 30.4 Å². The topological polar surface area (TPSA) is 62.1 Å². The van der Waals surface area contributed by atoms with Crippen molar-refractivity contribution in [2.45, 2.75) is 12.8 Å². The monoisotopic (exact) mass is 386 g/mol. The van der Waals surface area contributed by atoms with E-state index in [9.17, 15) is 9.90 Å². The molecule has 0 amide bonds. The molecule has 1 atom stereocenters. The molecule has 1 saturated heterocycles. The molecule has 0 aliphatic carbocycles. The number of halogens is 1. The molecule has 27 heavy (non-hydrogen) atoms. The van der Waals surface area contributed by atoms with Crippen LogP contribution in [0.3, 0.4) is 0 Å². The van der Waals surface area contributed by atoms with E-state index in [1.54, 1.807) is 0 Å². The molecular weight excluding hydrogens is 364 g/mol. The molecule has 1 N–H and O–H groups in total. The molecule has 1 aliphatic rings. The van der Waals surface area contributed by atoms with Crippen molar-refractivity contribution in [1.29, 1.82) is 0 Å². The van der Waals surface area contributed by atoms with Crippen LogP contribution in [-0.2, 0) is 9.63 Å². The zero-order valence-corrected chi connectivity index (χ0v) is 15.8. The highest BCUT2D eigenvalue weighted by Crippen LogP contribution is 2.20. The second kappa shape index (κ2) is 9.53. The molecule has 3 rings (SSSR count). The van der Waals surface area contributed by atoms with Gasteiger partial charge in [-0.1, -0.05) is 65.3 Å². The summed E-state index contributed by atoms with van der Waals surface area (Å²) in [6.07, 6.45) is 1.64. The highest BCUT2D eigenvalue weighted by Gasteiger charge is 2.25. The van der Waals surface area contributed by atoms with E-state index >= 15 is 0 Å². The maximum absolute atomic E-state index is 11.2. The van der Waals surface area contributed by atoms with E-state index in [2.05, 4.69) is 10.1 Å². The van der Waals surface area contributed by atoms with Gasteiger partial charge in [0.1, 0.15) is 12.3 Å². The number of nitrogens with zero attached hydrogens (tertiary/aromatic N) is 2. The van der Waals surface area contributed by atoms with Gasteiger partial charge in [-0.3, -0.25) is 9.69 Å². The van der Waals surface area contributed by atoms with E-state index in [0.717, 1.165) is 30.5 Å². The first-order chi connectivity index (χ1) is 13.1. The Balaban J connectivity index is 1.66. The Morgan fingerprint density at radius 1 is 1.19 bits per heavy atom. The average Bonchev–Trinajstić information content (AvgIpc) is 2.70. The van der Waals surface area contributed by atoms with Gasteiger partial charge in [-0.05, 0) is 25.5 Å². The van der Waals surface area contributed by atoms with Crippen LogP contribution in [0.25, 0.3) is 0 Å². The van der Waals surface area contributed by atoms with Crippen molar-refractivity contribution in [2.75, 3.05) is 26.2 Å². The molecule has 0 bridgehead atoms. The standard InChI is InChI=1S/C21H23ClN2O3/c22-19-11-5-4-10-18(19)20(16-7-2-1-3-8-16)23-27-14-13-24-12-6-9-17(15-24)21(25)26/h1-5,7-8,10-11,17H,6,9,12-15H2,(H,25,26)/b23-20-. The van der Waals surface area contributed by atoms with Gasteiger partial charge in [0.05, 0.1) is 10.9 Å². The molecule has 2 aromatic carbocycles. The summed E-state index contributed by atoms with van der Waals surface area (Å²) in [6, 6.07) is 17.3. The van der Waals surface area contributed by atoms with Gasteiger partial charge in [0.2, 0.25) is 0 Å². The fraction of sp³-hybridized carbons (Fsp3) is 0.333. The lowest BCUT2D eigenvalue weighted by Gasteiger charge is -2.29. The van der Waals surface area contributed by atoms with Gasteiger partial charge >= 0.3 is 5.97 Å². The van der Waals surface area contributed by atoms with Gasteiger partial charge in [-0.25, -0.2) is 0 Å². The van der Waals surface area contributed by atoms with Crippen molar-refractivity contribution >= 4 is 23.3 Å². The minimum Gasteiger partial charge on any atom is -0.481 e. The normalized spacial score (nSPS) is 18.3. The first kappa shape index (κ1) is 19.4. The summed E-state index contributed by atoms with van der Waals surface area (Å²) in [6.45, 7) is 2.51. The SMILES string of the molecule is O=C(O)C1CCCN(CCO/N=C(/c2ccccc2)c2ccccc2Cl)C1. The predicted octanol–water partition coefficient (Wildman–Crippen LogP) is 3.91. The van der Waals surface area contributed by atoms with Crippen molar-refractivity contribution in [3.63, 3.8) is 0 Å². The number of rotatable bonds is 7. The maximum Gasteiger partial charge on any atom is 0.307 e. The Bertz CT molecular complexity index is 795. The molecule has 0 spiro atoms. The molecule has 1 aliphatic heterocycles. The molecule has 2 aromatic rings. The number of benzene rings is 2. The van der Waals surface area contributed by atoms with E-state index in [-0.39, 0.29) is 5.92 Å². The summed E-state index contributed by atoms with van der Waals surface area (Å²) in [4.78, 5) is 18.9. The molecular formula is C21H23ClN2O3. The predicted molar refractivity (Wildman–Crippen MR) is 106 cm³/mol. The second-order valence-corrected chi connectivity index (χ2v) is 7.00. The second-order valence-electron chi connectivity index (χ2n) is 6.60. The van der Waals surface area contributed by atoms with E-state index in [1.165, 1.54) is 0 Å².